The molecule has 0 spiro atoms. The van der Waals surface area contributed by atoms with Crippen molar-refractivity contribution in [2.45, 2.75) is 38.5 Å². The molecule has 0 bridgehead atoms. The highest BCUT2D eigenvalue weighted by molar-refractivity contribution is 5.82. The molecule has 0 amide bonds. The molecular formula is C15H18O. The summed E-state index contributed by atoms with van der Waals surface area (Å²) in [5, 5.41) is 0. The van der Waals surface area contributed by atoms with Gasteiger partial charge in [0.15, 0.2) is 6.29 Å². The number of allylic oxidation sites excluding steroid dienone is 1. The number of rotatable bonds is 2. The van der Waals surface area contributed by atoms with Crippen molar-refractivity contribution in [1.29, 1.82) is 0 Å². The minimum atomic E-state index is 0.805. The van der Waals surface area contributed by atoms with Gasteiger partial charge < -0.3 is 0 Å². The third-order valence-electron chi connectivity index (χ3n) is 3.23. The maximum atomic E-state index is 10.9. The first-order valence-corrected chi connectivity index (χ1v) is 6.14. The first-order valence-electron chi connectivity index (χ1n) is 6.14. The van der Waals surface area contributed by atoms with Crippen LogP contribution >= 0.6 is 0 Å². The Kier molecular flexibility index (Phi) is 3.92. The highest BCUT2D eigenvalue weighted by Crippen LogP contribution is 2.24. The minimum absolute atomic E-state index is 0.805. The van der Waals surface area contributed by atoms with E-state index in [0.717, 1.165) is 17.4 Å². The van der Waals surface area contributed by atoms with Crippen LogP contribution < -0.4 is 0 Å². The van der Waals surface area contributed by atoms with Crippen LogP contribution in [-0.2, 0) is 0 Å². The van der Waals surface area contributed by atoms with Crippen LogP contribution in [0.5, 0.6) is 0 Å². The van der Waals surface area contributed by atoms with E-state index in [2.05, 4.69) is 6.08 Å². The fourth-order valence-electron chi connectivity index (χ4n) is 2.30. The molecule has 1 nitrogen and oxygen atoms in total. The van der Waals surface area contributed by atoms with Crippen LogP contribution in [0.4, 0.5) is 0 Å². The number of hydrogen-bond acceptors (Lipinski definition) is 1. The Morgan fingerprint density at radius 3 is 2.12 bits per heavy atom. The summed E-state index contributed by atoms with van der Waals surface area (Å²) in [6.45, 7) is 0. The van der Waals surface area contributed by atoms with Crippen molar-refractivity contribution in [3.05, 3.63) is 41.0 Å². The van der Waals surface area contributed by atoms with Gasteiger partial charge in [-0.3, -0.25) is 4.79 Å². The molecule has 0 unspecified atom stereocenters. The minimum Gasteiger partial charge on any atom is -0.298 e. The average Bonchev–Trinajstić information content (AvgIpc) is 2.58. The van der Waals surface area contributed by atoms with Crippen molar-refractivity contribution < 1.29 is 4.79 Å². The second-order valence-electron chi connectivity index (χ2n) is 4.46. The largest absolute Gasteiger partial charge is 0.298 e. The Bertz CT molecular complexity index is 380. The van der Waals surface area contributed by atoms with E-state index in [0.29, 0.717) is 0 Å². The Morgan fingerprint density at radius 2 is 1.50 bits per heavy atom. The molecule has 1 aliphatic rings. The molecule has 1 aromatic rings. The predicted octanol–water partition coefficient (Wildman–Crippen LogP) is 4.24. The van der Waals surface area contributed by atoms with E-state index in [-0.39, 0.29) is 0 Å². The third-order valence-corrected chi connectivity index (χ3v) is 3.23. The molecule has 84 valence electrons. The lowest BCUT2D eigenvalue weighted by Crippen LogP contribution is -1.87. The summed E-state index contributed by atoms with van der Waals surface area (Å²) in [6, 6.07) is 7.83. The van der Waals surface area contributed by atoms with E-state index >= 15 is 0 Å². The lowest BCUT2D eigenvalue weighted by molar-refractivity contribution is 0.112. The van der Waals surface area contributed by atoms with Gasteiger partial charge in [0.1, 0.15) is 0 Å². The van der Waals surface area contributed by atoms with E-state index in [4.69, 9.17) is 0 Å². The number of aldehydes is 1. The van der Waals surface area contributed by atoms with Crippen LogP contribution in [0, 0.1) is 0 Å². The van der Waals surface area contributed by atoms with E-state index in [1.165, 1.54) is 44.1 Å². The van der Waals surface area contributed by atoms with Gasteiger partial charge in [0.25, 0.3) is 0 Å². The topological polar surface area (TPSA) is 17.1 Å². The Hall–Kier alpha value is -1.37. The standard InChI is InChI=1S/C15H18O/c16-12-15-10-6-5-9-14(15)11-13-7-3-1-2-4-8-13/h5-6,9-12H,1-4,7-8H2. The van der Waals surface area contributed by atoms with Crippen LogP contribution in [-0.4, -0.2) is 6.29 Å². The Labute approximate surface area is 97.2 Å². The van der Waals surface area contributed by atoms with Crippen molar-refractivity contribution in [3.8, 4) is 0 Å². The van der Waals surface area contributed by atoms with Crippen LogP contribution in [0.15, 0.2) is 29.8 Å². The maximum Gasteiger partial charge on any atom is 0.150 e. The van der Waals surface area contributed by atoms with Gasteiger partial charge in [-0.05, 0) is 31.2 Å². The normalized spacial score (nSPS) is 16.6. The average molecular weight is 214 g/mol. The molecule has 0 aliphatic heterocycles. The smallest absolute Gasteiger partial charge is 0.150 e. The van der Waals surface area contributed by atoms with Crippen molar-refractivity contribution in [1.82, 2.24) is 0 Å². The Morgan fingerprint density at radius 1 is 0.875 bits per heavy atom. The van der Waals surface area contributed by atoms with Crippen molar-refractivity contribution in [2.75, 3.05) is 0 Å². The molecule has 1 heteroatoms. The molecule has 1 aromatic carbocycles. The molecule has 0 saturated heterocycles. The molecule has 1 saturated carbocycles. The first-order chi connectivity index (χ1) is 7.90. The Balaban J connectivity index is 2.22. The van der Waals surface area contributed by atoms with Gasteiger partial charge >= 0.3 is 0 Å². The zero-order chi connectivity index (χ0) is 11.2. The molecule has 1 aliphatic carbocycles. The number of hydrogen-bond donors (Lipinski definition) is 0. The highest BCUT2D eigenvalue weighted by Gasteiger charge is 2.05. The van der Waals surface area contributed by atoms with E-state index < -0.39 is 0 Å². The molecule has 1 fully saturated rings. The summed E-state index contributed by atoms with van der Waals surface area (Å²) in [5.41, 5.74) is 3.39. The summed E-state index contributed by atoms with van der Waals surface area (Å²) >= 11 is 0. The van der Waals surface area contributed by atoms with Gasteiger partial charge in [0.2, 0.25) is 0 Å². The molecule has 0 atom stereocenters. The maximum absolute atomic E-state index is 10.9. The van der Waals surface area contributed by atoms with Crippen molar-refractivity contribution in [3.63, 3.8) is 0 Å². The molecule has 0 radical (unpaired) electrons. The van der Waals surface area contributed by atoms with Crippen LogP contribution in [0.2, 0.25) is 0 Å². The predicted molar refractivity (Wildman–Crippen MR) is 67.5 cm³/mol. The van der Waals surface area contributed by atoms with E-state index in [1.807, 2.05) is 24.3 Å². The lowest BCUT2D eigenvalue weighted by Gasteiger charge is -2.04. The number of carbonyl (C=O) groups is 1. The second-order valence-corrected chi connectivity index (χ2v) is 4.46. The highest BCUT2D eigenvalue weighted by atomic mass is 16.1. The third kappa shape index (κ3) is 2.82. The molecule has 2 rings (SSSR count). The monoisotopic (exact) mass is 214 g/mol. The number of benzene rings is 1. The van der Waals surface area contributed by atoms with Crippen LogP contribution in [0.1, 0.15) is 54.4 Å². The van der Waals surface area contributed by atoms with Crippen LogP contribution in [0.3, 0.4) is 0 Å². The summed E-state index contributed by atoms with van der Waals surface area (Å²) in [6.07, 6.45) is 10.9. The van der Waals surface area contributed by atoms with Crippen molar-refractivity contribution in [2.24, 2.45) is 0 Å². The van der Waals surface area contributed by atoms with Gasteiger partial charge in [-0.2, -0.15) is 0 Å². The van der Waals surface area contributed by atoms with Crippen molar-refractivity contribution >= 4 is 12.4 Å². The van der Waals surface area contributed by atoms with Gasteiger partial charge in [0.05, 0.1) is 0 Å². The summed E-state index contributed by atoms with van der Waals surface area (Å²) in [4.78, 5) is 10.9. The molecule has 0 N–H and O–H groups in total. The van der Waals surface area contributed by atoms with Gasteiger partial charge in [0, 0.05) is 5.56 Å². The SMILES string of the molecule is O=Cc1ccccc1C=C1CCCCCC1. The quantitative estimate of drug-likeness (QED) is 0.531. The summed E-state index contributed by atoms with van der Waals surface area (Å²) in [5.74, 6) is 0. The summed E-state index contributed by atoms with van der Waals surface area (Å²) in [7, 11) is 0. The van der Waals surface area contributed by atoms with E-state index in [1.54, 1.807) is 0 Å². The number of carbonyl (C=O) groups excluding carboxylic acids is 1. The van der Waals surface area contributed by atoms with Crippen LogP contribution in [0.25, 0.3) is 6.08 Å². The summed E-state index contributed by atoms with van der Waals surface area (Å²) < 4.78 is 0. The van der Waals surface area contributed by atoms with Gasteiger partial charge in [-0.1, -0.05) is 48.8 Å². The zero-order valence-corrected chi connectivity index (χ0v) is 9.61. The van der Waals surface area contributed by atoms with Gasteiger partial charge in [-0.15, -0.1) is 0 Å². The van der Waals surface area contributed by atoms with E-state index in [9.17, 15) is 4.79 Å². The zero-order valence-electron chi connectivity index (χ0n) is 9.61. The molecule has 16 heavy (non-hydrogen) atoms. The lowest BCUT2D eigenvalue weighted by atomic mass is 10.0. The first kappa shape index (κ1) is 11.1. The molecular weight excluding hydrogens is 196 g/mol. The fraction of sp³-hybridized carbons (Fsp3) is 0.400. The molecule has 0 aromatic heterocycles. The molecule has 0 heterocycles. The fourth-order valence-corrected chi connectivity index (χ4v) is 2.30. The van der Waals surface area contributed by atoms with Gasteiger partial charge in [-0.25, -0.2) is 0 Å². The second kappa shape index (κ2) is 5.64.